The Morgan fingerprint density at radius 3 is 2.55 bits per heavy atom. The number of morpholine rings is 1. The van der Waals surface area contributed by atoms with Crippen LogP contribution in [0, 0.1) is 0 Å². The highest BCUT2D eigenvalue weighted by Crippen LogP contribution is 2.24. The van der Waals surface area contributed by atoms with Crippen molar-refractivity contribution in [1.82, 2.24) is 4.90 Å². The summed E-state index contributed by atoms with van der Waals surface area (Å²) in [5.41, 5.74) is 0.586. The first-order chi connectivity index (χ1) is 10.6. The smallest absolute Gasteiger partial charge is 0.322 e. The lowest BCUT2D eigenvalue weighted by molar-refractivity contribution is -0.0839. The zero-order valence-corrected chi connectivity index (χ0v) is 13.6. The Morgan fingerprint density at radius 1 is 1.14 bits per heavy atom. The van der Waals surface area contributed by atoms with Crippen molar-refractivity contribution in [1.29, 1.82) is 0 Å². The topological polar surface area (TPSA) is 50.8 Å². The Labute approximate surface area is 139 Å². The van der Waals surface area contributed by atoms with E-state index in [0.717, 1.165) is 19.4 Å². The fourth-order valence-corrected chi connectivity index (χ4v) is 3.34. The fraction of sp³-hybridized carbons (Fsp3) is 0.533. The molecule has 1 N–H and O–H groups in total. The van der Waals surface area contributed by atoms with E-state index in [1.807, 2.05) is 0 Å². The van der Waals surface area contributed by atoms with E-state index in [4.69, 9.17) is 32.7 Å². The molecule has 2 fully saturated rings. The summed E-state index contributed by atoms with van der Waals surface area (Å²) in [6.45, 7) is 2.39. The van der Waals surface area contributed by atoms with E-state index in [1.54, 1.807) is 23.1 Å². The van der Waals surface area contributed by atoms with E-state index in [1.165, 1.54) is 0 Å². The molecule has 3 rings (SSSR count). The number of hydrogen-bond donors (Lipinski definition) is 1. The third kappa shape index (κ3) is 3.84. The molecule has 0 aromatic heterocycles. The number of benzene rings is 1. The van der Waals surface area contributed by atoms with Crippen molar-refractivity contribution in [2.24, 2.45) is 0 Å². The molecule has 2 aliphatic heterocycles. The van der Waals surface area contributed by atoms with Gasteiger partial charge in [0.15, 0.2) is 0 Å². The molecule has 2 amide bonds. The molecule has 1 aromatic rings. The number of amides is 2. The van der Waals surface area contributed by atoms with Crippen molar-refractivity contribution in [3.8, 4) is 0 Å². The third-order valence-corrected chi connectivity index (χ3v) is 4.31. The highest BCUT2D eigenvalue weighted by atomic mass is 35.5. The Hall–Kier alpha value is -1.01. The minimum atomic E-state index is -0.176. The van der Waals surface area contributed by atoms with Crippen LogP contribution in [-0.2, 0) is 9.47 Å². The second kappa shape index (κ2) is 7.04. The van der Waals surface area contributed by atoms with Gasteiger partial charge in [0.25, 0.3) is 0 Å². The molecule has 2 saturated heterocycles. The predicted molar refractivity (Wildman–Crippen MR) is 85.8 cm³/mol. The molecule has 2 aliphatic rings. The van der Waals surface area contributed by atoms with Gasteiger partial charge in [-0.05, 0) is 31.0 Å². The van der Waals surface area contributed by atoms with Gasteiger partial charge in [-0.2, -0.15) is 0 Å². The summed E-state index contributed by atoms with van der Waals surface area (Å²) in [5, 5.41) is 3.80. The maximum Gasteiger partial charge on any atom is 0.322 e. The standard InChI is InChI=1S/C15H18Cl2N2O3/c16-10-6-11(17)8-12(7-10)18-15(20)19-3-5-22-14(9-19)13-2-1-4-21-13/h6-8,13-14H,1-5,9H2,(H,18,20)/t13-,14-/m0/s1. The lowest BCUT2D eigenvalue weighted by Gasteiger charge is -2.35. The highest BCUT2D eigenvalue weighted by molar-refractivity contribution is 6.35. The van der Waals surface area contributed by atoms with E-state index in [-0.39, 0.29) is 18.2 Å². The summed E-state index contributed by atoms with van der Waals surface area (Å²) in [6, 6.07) is 4.79. The summed E-state index contributed by atoms with van der Waals surface area (Å²) in [7, 11) is 0. The lowest BCUT2D eigenvalue weighted by atomic mass is 10.1. The van der Waals surface area contributed by atoms with Gasteiger partial charge in [0.05, 0.1) is 19.3 Å². The molecule has 0 bridgehead atoms. The fourth-order valence-electron chi connectivity index (χ4n) is 2.81. The largest absolute Gasteiger partial charge is 0.375 e. The zero-order valence-electron chi connectivity index (χ0n) is 12.1. The number of carbonyl (C=O) groups excluding carboxylic acids is 1. The molecule has 7 heteroatoms. The van der Waals surface area contributed by atoms with E-state index >= 15 is 0 Å². The Kier molecular flexibility index (Phi) is 5.08. The first kappa shape index (κ1) is 15.9. The maximum absolute atomic E-state index is 12.4. The van der Waals surface area contributed by atoms with Crippen LogP contribution in [0.1, 0.15) is 12.8 Å². The number of halogens is 2. The summed E-state index contributed by atoms with van der Waals surface area (Å²) in [5.74, 6) is 0. The average molecular weight is 345 g/mol. The molecule has 5 nitrogen and oxygen atoms in total. The molecule has 0 unspecified atom stereocenters. The molecule has 2 atom stereocenters. The molecular weight excluding hydrogens is 327 g/mol. The number of rotatable bonds is 2. The van der Waals surface area contributed by atoms with Crippen LogP contribution in [0.15, 0.2) is 18.2 Å². The Bertz CT molecular complexity index is 529. The van der Waals surface area contributed by atoms with E-state index in [0.29, 0.717) is 35.4 Å². The van der Waals surface area contributed by atoms with Gasteiger partial charge in [0.2, 0.25) is 0 Å². The van der Waals surface area contributed by atoms with Gasteiger partial charge in [0, 0.05) is 28.9 Å². The van der Waals surface area contributed by atoms with Gasteiger partial charge < -0.3 is 19.7 Å². The van der Waals surface area contributed by atoms with Crippen molar-refractivity contribution in [3.63, 3.8) is 0 Å². The van der Waals surface area contributed by atoms with Crippen LogP contribution in [0.3, 0.4) is 0 Å². The summed E-state index contributed by atoms with van der Waals surface area (Å²) >= 11 is 11.9. The number of ether oxygens (including phenoxy) is 2. The van der Waals surface area contributed by atoms with Crippen LogP contribution in [0.5, 0.6) is 0 Å². The van der Waals surface area contributed by atoms with Crippen LogP contribution in [-0.4, -0.2) is 49.4 Å². The molecular formula is C15H18Cl2N2O3. The number of carbonyl (C=O) groups is 1. The number of nitrogens with zero attached hydrogens (tertiary/aromatic N) is 1. The third-order valence-electron chi connectivity index (χ3n) is 3.87. The molecule has 0 radical (unpaired) electrons. The second-order valence-electron chi connectivity index (χ2n) is 5.50. The molecule has 22 heavy (non-hydrogen) atoms. The molecule has 1 aromatic carbocycles. The first-order valence-electron chi connectivity index (χ1n) is 7.37. The number of nitrogens with one attached hydrogen (secondary N) is 1. The van der Waals surface area contributed by atoms with Crippen molar-refractivity contribution in [3.05, 3.63) is 28.2 Å². The Morgan fingerprint density at radius 2 is 1.86 bits per heavy atom. The van der Waals surface area contributed by atoms with Crippen molar-refractivity contribution < 1.29 is 14.3 Å². The number of hydrogen-bond acceptors (Lipinski definition) is 3. The number of urea groups is 1. The van der Waals surface area contributed by atoms with Gasteiger partial charge in [0.1, 0.15) is 6.10 Å². The quantitative estimate of drug-likeness (QED) is 0.894. The van der Waals surface area contributed by atoms with Gasteiger partial charge in [-0.15, -0.1) is 0 Å². The van der Waals surface area contributed by atoms with Crippen LogP contribution in [0.25, 0.3) is 0 Å². The van der Waals surface area contributed by atoms with Crippen LogP contribution in [0.2, 0.25) is 10.0 Å². The highest BCUT2D eigenvalue weighted by Gasteiger charge is 2.32. The van der Waals surface area contributed by atoms with Gasteiger partial charge in [-0.3, -0.25) is 0 Å². The normalized spacial score (nSPS) is 25.3. The van der Waals surface area contributed by atoms with Crippen molar-refractivity contribution >= 4 is 34.9 Å². The zero-order chi connectivity index (χ0) is 15.5. The molecule has 2 heterocycles. The Balaban J connectivity index is 1.61. The summed E-state index contributed by atoms with van der Waals surface area (Å²) in [6.07, 6.45) is 2.09. The molecule has 0 spiro atoms. The minimum absolute atomic E-state index is 0.0510. The van der Waals surface area contributed by atoms with Gasteiger partial charge in [-0.25, -0.2) is 4.79 Å². The minimum Gasteiger partial charge on any atom is -0.375 e. The summed E-state index contributed by atoms with van der Waals surface area (Å²) in [4.78, 5) is 14.1. The maximum atomic E-state index is 12.4. The SMILES string of the molecule is O=C(Nc1cc(Cl)cc(Cl)c1)N1CCO[C@H]([C@@H]2CCCO2)C1. The molecule has 0 saturated carbocycles. The van der Waals surface area contributed by atoms with Gasteiger partial charge in [-0.1, -0.05) is 23.2 Å². The molecule has 120 valence electrons. The van der Waals surface area contributed by atoms with E-state index < -0.39 is 0 Å². The van der Waals surface area contributed by atoms with Gasteiger partial charge >= 0.3 is 6.03 Å². The number of anilines is 1. The predicted octanol–water partition coefficient (Wildman–Crippen LogP) is 3.41. The molecule has 0 aliphatic carbocycles. The van der Waals surface area contributed by atoms with E-state index in [2.05, 4.69) is 5.32 Å². The van der Waals surface area contributed by atoms with Crippen LogP contribution in [0.4, 0.5) is 10.5 Å². The van der Waals surface area contributed by atoms with Crippen LogP contribution >= 0.6 is 23.2 Å². The van der Waals surface area contributed by atoms with Crippen molar-refractivity contribution in [2.45, 2.75) is 25.0 Å². The first-order valence-corrected chi connectivity index (χ1v) is 8.12. The monoisotopic (exact) mass is 344 g/mol. The lowest BCUT2D eigenvalue weighted by Crippen LogP contribution is -2.51. The van der Waals surface area contributed by atoms with E-state index in [9.17, 15) is 4.79 Å². The average Bonchev–Trinajstić information content (AvgIpc) is 3.00. The summed E-state index contributed by atoms with van der Waals surface area (Å²) < 4.78 is 11.4. The van der Waals surface area contributed by atoms with Crippen molar-refractivity contribution in [2.75, 3.05) is 31.6 Å². The second-order valence-corrected chi connectivity index (χ2v) is 6.37. The van der Waals surface area contributed by atoms with Crippen LogP contribution < -0.4 is 5.32 Å².